The molecule has 0 heterocycles. The molecule has 22 valence electrons. The predicted molar refractivity (Wildman–Crippen MR) is 25.3 cm³/mol. The van der Waals surface area contributed by atoms with Gasteiger partial charge in [-0.1, -0.05) is 0 Å². The molecule has 0 rings (SSSR count). The van der Waals surface area contributed by atoms with E-state index in [9.17, 15) is 0 Å². The summed E-state index contributed by atoms with van der Waals surface area (Å²) in [5.74, 6) is 0. The Balaban J connectivity index is 0. The van der Waals surface area contributed by atoms with Gasteiger partial charge in [0, 0.05) is 38.7 Å². The highest BCUT2D eigenvalue weighted by molar-refractivity contribution is 8.37. The van der Waals surface area contributed by atoms with E-state index in [-0.39, 0.29) is 7.43 Å². The average Bonchev–Trinajstić information content (AvgIpc) is 0.918. The molecule has 0 aromatic heterocycles. The van der Waals surface area contributed by atoms with Gasteiger partial charge in [-0.25, -0.2) is 0 Å². The summed E-state index contributed by atoms with van der Waals surface area (Å²) in [5, 5.41) is 0. The summed E-state index contributed by atoms with van der Waals surface area (Å²) < 4.78 is 0. The number of hydrogen-bond acceptors (Lipinski definition) is 2. The highest BCUT2D eigenvalue weighted by Gasteiger charge is 1.00. The molecule has 0 N–H and O–H groups in total. The molecule has 4 radical (unpaired) electrons. The van der Waals surface area contributed by atoms with E-state index >= 15 is 0 Å². The normalized spacial score (nSPS) is 3.00. The van der Waals surface area contributed by atoms with Crippen LogP contribution in [0.5, 0.6) is 0 Å². The Kier molecular flexibility index (Phi) is 20.7. The zero-order chi connectivity index (χ0) is 2.71. The van der Waals surface area contributed by atoms with Crippen LogP contribution in [0, 0.1) is 7.43 Å². The molecular formula is CS3. The first-order valence-electron chi connectivity index (χ1n) is 0.333. The molecule has 0 aromatic carbocycles. The van der Waals surface area contributed by atoms with Crippen molar-refractivity contribution in [3.05, 3.63) is 7.43 Å². The SMILES string of the molecule is S=S=S.[C]. The van der Waals surface area contributed by atoms with Crippen LogP contribution >= 0.6 is 0 Å². The van der Waals surface area contributed by atoms with Gasteiger partial charge >= 0.3 is 0 Å². The summed E-state index contributed by atoms with van der Waals surface area (Å²) in [6, 6.07) is 0. The van der Waals surface area contributed by atoms with Gasteiger partial charge in [-0.3, -0.25) is 0 Å². The topological polar surface area (TPSA) is 0 Å². The van der Waals surface area contributed by atoms with Crippen molar-refractivity contribution >= 4 is 31.3 Å². The van der Waals surface area contributed by atoms with Crippen LogP contribution in [-0.2, 0) is 31.3 Å². The number of hydrogen-bond donors (Lipinski definition) is 0. The van der Waals surface area contributed by atoms with Gasteiger partial charge in [0.1, 0.15) is 0 Å². The van der Waals surface area contributed by atoms with Crippen molar-refractivity contribution in [3.8, 4) is 0 Å². The minimum atomic E-state index is 0. The molecule has 3 heteroatoms. The fourth-order valence-corrected chi connectivity index (χ4v) is 0. The first-order chi connectivity index (χ1) is 1.41. The third-order valence-corrected chi connectivity index (χ3v) is 0. The lowest BCUT2D eigenvalue weighted by atomic mass is 12.0. The van der Waals surface area contributed by atoms with Crippen LogP contribution in [0.15, 0.2) is 0 Å². The Morgan fingerprint density at radius 2 is 1.25 bits per heavy atom. The second-order valence-corrected chi connectivity index (χ2v) is 1.84. The van der Waals surface area contributed by atoms with Crippen LogP contribution < -0.4 is 0 Å². The smallest absolute Gasteiger partial charge is 0 e. The standard InChI is InChI=1S/C.S3/c;1-3-2. The van der Waals surface area contributed by atoms with Gasteiger partial charge in [-0.05, 0) is 0 Å². The fraction of sp³-hybridized carbons (Fsp3) is 0. The molecule has 0 fully saturated rings. The minimum Gasteiger partial charge on any atom is 0 e. The van der Waals surface area contributed by atoms with E-state index < -0.39 is 0 Å². The summed E-state index contributed by atoms with van der Waals surface area (Å²) in [6.07, 6.45) is 0. The fourth-order valence-electron chi connectivity index (χ4n) is 0. The van der Waals surface area contributed by atoms with Gasteiger partial charge in [0.2, 0.25) is 0 Å². The largest absolute Gasteiger partial charge is 0 e. The molecule has 0 amide bonds. The quantitative estimate of drug-likeness (QED) is 0.431. The molecule has 0 aliphatic heterocycles. The van der Waals surface area contributed by atoms with E-state index in [2.05, 4.69) is 22.4 Å². The van der Waals surface area contributed by atoms with Crippen molar-refractivity contribution in [2.45, 2.75) is 0 Å². The van der Waals surface area contributed by atoms with Gasteiger partial charge in [-0.2, -0.15) is 0 Å². The highest BCUT2D eigenvalue weighted by Crippen LogP contribution is 0.998. The van der Waals surface area contributed by atoms with E-state index in [0.717, 1.165) is 8.88 Å². The molecule has 0 spiro atoms. The zero-order valence-corrected chi connectivity index (χ0v) is 4.17. The lowest BCUT2D eigenvalue weighted by Crippen LogP contribution is -1.00. The van der Waals surface area contributed by atoms with Crippen molar-refractivity contribution < 1.29 is 0 Å². The molecule has 0 bridgehead atoms. The van der Waals surface area contributed by atoms with Crippen molar-refractivity contribution in [3.63, 3.8) is 0 Å². The maximum Gasteiger partial charge on any atom is 0 e. The van der Waals surface area contributed by atoms with E-state index in [0.29, 0.717) is 0 Å². The second kappa shape index (κ2) is 9.40. The summed E-state index contributed by atoms with van der Waals surface area (Å²) in [6.45, 7) is 0. The Morgan fingerprint density at radius 3 is 1.25 bits per heavy atom. The Bertz CT molecular complexity index is 24.3. The Labute approximate surface area is 39.1 Å². The lowest BCUT2D eigenvalue weighted by molar-refractivity contribution is 3.24. The molecular weight excluding hydrogens is 108 g/mol. The molecule has 0 atom stereocenters. The Hall–Kier alpha value is 0.660. The van der Waals surface area contributed by atoms with Crippen LogP contribution in [0.25, 0.3) is 0 Å². The molecule has 4 heavy (non-hydrogen) atoms. The summed E-state index contributed by atoms with van der Waals surface area (Å²) in [7, 11) is 0.917. The first-order valence-corrected chi connectivity index (χ1v) is 3.00. The summed E-state index contributed by atoms with van der Waals surface area (Å²) >= 11 is 8.25. The van der Waals surface area contributed by atoms with Crippen LogP contribution in [0.2, 0.25) is 0 Å². The molecule has 0 saturated heterocycles. The first kappa shape index (κ1) is 8.82. The van der Waals surface area contributed by atoms with Gasteiger partial charge < -0.3 is 0 Å². The average molecular weight is 108 g/mol. The third kappa shape index (κ3) is 16.8. The van der Waals surface area contributed by atoms with E-state index in [1.165, 1.54) is 0 Å². The van der Waals surface area contributed by atoms with Crippen molar-refractivity contribution in [1.29, 1.82) is 0 Å². The maximum absolute atomic E-state index is 4.12. The van der Waals surface area contributed by atoms with E-state index in [4.69, 9.17) is 0 Å². The van der Waals surface area contributed by atoms with Crippen molar-refractivity contribution in [1.82, 2.24) is 0 Å². The second-order valence-electron chi connectivity index (χ2n) is 0.0680. The molecule has 0 aliphatic rings. The highest BCUT2D eigenvalue weighted by atomic mass is 33.1. The van der Waals surface area contributed by atoms with E-state index in [1.54, 1.807) is 0 Å². The van der Waals surface area contributed by atoms with Crippen molar-refractivity contribution in [2.24, 2.45) is 0 Å². The minimum absolute atomic E-state index is 0. The summed E-state index contributed by atoms with van der Waals surface area (Å²) in [5.41, 5.74) is 0. The van der Waals surface area contributed by atoms with Gasteiger partial charge in [-0.15, -0.1) is 0 Å². The molecule has 0 unspecified atom stereocenters. The van der Waals surface area contributed by atoms with Crippen molar-refractivity contribution in [2.75, 3.05) is 0 Å². The Morgan fingerprint density at radius 1 is 1.25 bits per heavy atom. The van der Waals surface area contributed by atoms with Gasteiger partial charge in [0.25, 0.3) is 0 Å². The van der Waals surface area contributed by atoms with Crippen LogP contribution in [0.1, 0.15) is 0 Å². The third-order valence-electron chi connectivity index (χ3n) is 0. The molecule has 0 aromatic rings. The zero-order valence-electron chi connectivity index (χ0n) is 1.72. The maximum atomic E-state index is 4.12. The van der Waals surface area contributed by atoms with Gasteiger partial charge in [0.15, 0.2) is 0 Å². The molecule has 0 saturated carbocycles. The lowest BCUT2D eigenvalue weighted by Gasteiger charge is -1.000. The van der Waals surface area contributed by atoms with Crippen LogP contribution in [0.4, 0.5) is 0 Å². The molecule has 0 aliphatic carbocycles. The monoisotopic (exact) mass is 108 g/mol. The van der Waals surface area contributed by atoms with Crippen LogP contribution in [-0.4, -0.2) is 0 Å². The number of rotatable bonds is 0. The summed E-state index contributed by atoms with van der Waals surface area (Å²) in [4.78, 5) is 0. The van der Waals surface area contributed by atoms with E-state index in [1.807, 2.05) is 0 Å². The van der Waals surface area contributed by atoms with Crippen LogP contribution in [0.3, 0.4) is 0 Å². The predicted octanol–water partition coefficient (Wildman–Crippen LogP) is 0.0741. The van der Waals surface area contributed by atoms with Gasteiger partial charge in [0.05, 0.1) is 0 Å². The molecule has 0 nitrogen and oxygen atoms in total.